The largest absolute Gasteiger partial charge is 0.390 e. The maximum atomic E-state index is 10.7. The van der Waals surface area contributed by atoms with Gasteiger partial charge in [-0.25, -0.2) is 0 Å². The third-order valence-electron chi connectivity index (χ3n) is 4.64. The highest BCUT2D eigenvalue weighted by molar-refractivity contribution is 4.84. The second-order valence-corrected chi connectivity index (χ2v) is 6.47. The summed E-state index contributed by atoms with van der Waals surface area (Å²) in [6.45, 7) is 6.90. The fraction of sp³-hybridized carbons (Fsp3) is 1.00. The van der Waals surface area contributed by atoms with E-state index in [1.807, 2.05) is 0 Å². The molecular formula is C16H32O. The van der Waals surface area contributed by atoms with E-state index in [1.165, 1.54) is 44.9 Å². The van der Waals surface area contributed by atoms with Gasteiger partial charge in [0.1, 0.15) is 0 Å². The standard InChI is InChI=1S/C16H32O/c1-4-5-6-7-11-16(17)12-8-9-15(10-13-16)14(2)3/h14-15,17H,4-13H2,1-3H3. The Kier molecular flexibility index (Phi) is 6.54. The summed E-state index contributed by atoms with van der Waals surface area (Å²) < 4.78 is 0. The Hall–Kier alpha value is -0.0400. The van der Waals surface area contributed by atoms with Crippen molar-refractivity contribution in [1.82, 2.24) is 0 Å². The molecule has 1 aliphatic rings. The highest BCUT2D eigenvalue weighted by Crippen LogP contribution is 2.36. The molecule has 1 aliphatic carbocycles. The van der Waals surface area contributed by atoms with Crippen LogP contribution in [0.4, 0.5) is 0 Å². The van der Waals surface area contributed by atoms with Crippen LogP contribution in [0.3, 0.4) is 0 Å². The maximum Gasteiger partial charge on any atom is 0.0648 e. The van der Waals surface area contributed by atoms with E-state index in [1.54, 1.807) is 0 Å². The molecule has 1 N–H and O–H groups in total. The normalized spacial score (nSPS) is 30.5. The minimum absolute atomic E-state index is 0.322. The lowest BCUT2D eigenvalue weighted by Gasteiger charge is -2.27. The zero-order valence-corrected chi connectivity index (χ0v) is 12.2. The van der Waals surface area contributed by atoms with Gasteiger partial charge in [0, 0.05) is 0 Å². The van der Waals surface area contributed by atoms with Gasteiger partial charge in [-0.1, -0.05) is 59.3 Å². The smallest absolute Gasteiger partial charge is 0.0648 e. The Morgan fingerprint density at radius 3 is 2.53 bits per heavy atom. The monoisotopic (exact) mass is 240 g/mol. The molecule has 0 aromatic carbocycles. The van der Waals surface area contributed by atoms with Crippen LogP contribution < -0.4 is 0 Å². The first-order valence-corrected chi connectivity index (χ1v) is 7.80. The van der Waals surface area contributed by atoms with Gasteiger partial charge in [0.25, 0.3) is 0 Å². The number of unbranched alkanes of at least 4 members (excludes halogenated alkanes) is 3. The van der Waals surface area contributed by atoms with Crippen molar-refractivity contribution in [2.24, 2.45) is 11.8 Å². The molecule has 0 bridgehead atoms. The third kappa shape index (κ3) is 5.42. The molecule has 0 amide bonds. The molecule has 0 saturated heterocycles. The molecule has 0 aromatic rings. The van der Waals surface area contributed by atoms with Crippen molar-refractivity contribution in [3.8, 4) is 0 Å². The molecule has 2 atom stereocenters. The Labute approximate surface area is 108 Å². The van der Waals surface area contributed by atoms with E-state index in [4.69, 9.17) is 0 Å². The summed E-state index contributed by atoms with van der Waals surface area (Å²) in [5.74, 6) is 1.64. The Morgan fingerprint density at radius 1 is 1.12 bits per heavy atom. The second-order valence-electron chi connectivity index (χ2n) is 6.47. The first kappa shape index (κ1) is 15.0. The van der Waals surface area contributed by atoms with E-state index in [2.05, 4.69) is 20.8 Å². The highest BCUT2D eigenvalue weighted by Gasteiger charge is 2.30. The molecule has 0 aliphatic heterocycles. The lowest BCUT2D eigenvalue weighted by Crippen LogP contribution is -2.27. The lowest BCUT2D eigenvalue weighted by atomic mass is 9.86. The molecule has 1 fully saturated rings. The lowest BCUT2D eigenvalue weighted by molar-refractivity contribution is 0.0125. The predicted octanol–water partition coefficient (Wildman–Crippen LogP) is 4.92. The number of hydrogen-bond donors (Lipinski definition) is 1. The molecular weight excluding hydrogens is 208 g/mol. The molecule has 1 saturated carbocycles. The van der Waals surface area contributed by atoms with Gasteiger partial charge < -0.3 is 5.11 Å². The van der Waals surface area contributed by atoms with Gasteiger partial charge in [-0.3, -0.25) is 0 Å². The third-order valence-corrected chi connectivity index (χ3v) is 4.64. The van der Waals surface area contributed by atoms with Crippen LogP contribution in [0.5, 0.6) is 0 Å². The van der Waals surface area contributed by atoms with Crippen molar-refractivity contribution < 1.29 is 5.11 Å². The van der Waals surface area contributed by atoms with Crippen LogP contribution in [0, 0.1) is 11.8 Å². The minimum atomic E-state index is -0.322. The van der Waals surface area contributed by atoms with Crippen molar-refractivity contribution in [2.45, 2.75) is 90.6 Å². The first-order chi connectivity index (χ1) is 8.07. The second kappa shape index (κ2) is 7.41. The van der Waals surface area contributed by atoms with Crippen molar-refractivity contribution in [2.75, 3.05) is 0 Å². The predicted molar refractivity (Wildman–Crippen MR) is 75.1 cm³/mol. The molecule has 1 heteroatoms. The zero-order valence-electron chi connectivity index (χ0n) is 12.2. The summed E-state index contributed by atoms with van der Waals surface area (Å²) in [5.41, 5.74) is -0.322. The van der Waals surface area contributed by atoms with Crippen LogP contribution in [-0.4, -0.2) is 10.7 Å². The van der Waals surface area contributed by atoms with Gasteiger partial charge in [-0.15, -0.1) is 0 Å². The summed E-state index contributed by atoms with van der Waals surface area (Å²) >= 11 is 0. The summed E-state index contributed by atoms with van der Waals surface area (Å²) in [6.07, 6.45) is 12.0. The van der Waals surface area contributed by atoms with Crippen LogP contribution in [0.25, 0.3) is 0 Å². The van der Waals surface area contributed by atoms with Crippen LogP contribution in [-0.2, 0) is 0 Å². The van der Waals surface area contributed by atoms with Gasteiger partial charge in [0.2, 0.25) is 0 Å². The van der Waals surface area contributed by atoms with Gasteiger partial charge in [0.15, 0.2) is 0 Å². The number of hydrogen-bond acceptors (Lipinski definition) is 1. The van der Waals surface area contributed by atoms with Crippen LogP contribution >= 0.6 is 0 Å². The van der Waals surface area contributed by atoms with Crippen molar-refractivity contribution in [3.63, 3.8) is 0 Å². The average Bonchev–Trinajstić information content (AvgIpc) is 2.47. The fourth-order valence-corrected chi connectivity index (χ4v) is 3.21. The molecule has 2 unspecified atom stereocenters. The van der Waals surface area contributed by atoms with Gasteiger partial charge >= 0.3 is 0 Å². The van der Waals surface area contributed by atoms with E-state index < -0.39 is 0 Å². The Balaban J connectivity index is 2.32. The summed E-state index contributed by atoms with van der Waals surface area (Å²) in [4.78, 5) is 0. The maximum absolute atomic E-state index is 10.7. The van der Waals surface area contributed by atoms with Crippen molar-refractivity contribution >= 4 is 0 Å². The van der Waals surface area contributed by atoms with Crippen LogP contribution in [0.15, 0.2) is 0 Å². The topological polar surface area (TPSA) is 20.2 Å². The van der Waals surface area contributed by atoms with Crippen LogP contribution in [0.1, 0.15) is 85.0 Å². The number of aliphatic hydroxyl groups is 1. The number of rotatable bonds is 6. The first-order valence-electron chi connectivity index (χ1n) is 7.80. The molecule has 0 radical (unpaired) electrons. The molecule has 0 spiro atoms. The summed E-state index contributed by atoms with van der Waals surface area (Å²) in [7, 11) is 0. The molecule has 102 valence electrons. The van der Waals surface area contributed by atoms with Gasteiger partial charge in [0.05, 0.1) is 5.60 Å². The van der Waals surface area contributed by atoms with Crippen molar-refractivity contribution in [3.05, 3.63) is 0 Å². The molecule has 1 nitrogen and oxygen atoms in total. The van der Waals surface area contributed by atoms with E-state index in [0.717, 1.165) is 31.1 Å². The molecule has 0 aromatic heterocycles. The Morgan fingerprint density at radius 2 is 1.88 bits per heavy atom. The van der Waals surface area contributed by atoms with Gasteiger partial charge in [-0.05, 0) is 37.5 Å². The molecule has 1 rings (SSSR count). The fourth-order valence-electron chi connectivity index (χ4n) is 3.21. The average molecular weight is 240 g/mol. The van der Waals surface area contributed by atoms with E-state index >= 15 is 0 Å². The Bertz CT molecular complexity index is 200. The van der Waals surface area contributed by atoms with E-state index in [-0.39, 0.29) is 5.60 Å². The van der Waals surface area contributed by atoms with Crippen LogP contribution in [0.2, 0.25) is 0 Å². The quantitative estimate of drug-likeness (QED) is 0.516. The zero-order chi connectivity index (χ0) is 12.7. The molecule has 17 heavy (non-hydrogen) atoms. The minimum Gasteiger partial charge on any atom is -0.390 e. The van der Waals surface area contributed by atoms with Crippen molar-refractivity contribution in [1.29, 1.82) is 0 Å². The summed E-state index contributed by atoms with van der Waals surface area (Å²) in [6, 6.07) is 0. The molecule has 0 heterocycles. The highest BCUT2D eigenvalue weighted by atomic mass is 16.3. The van der Waals surface area contributed by atoms with E-state index in [0.29, 0.717) is 0 Å². The SMILES string of the molecule is CCCCCCC1(O)CCCC(C(C)C)CC1. The van der Waals surface area contributed by atoms with Gasteiger partial charge in [-0.2, -0.15) is 0 Å². The van der Waals surface area contributed by atoms with E-state index in [9.17, 15) is 5.11 Å². The summed E-state index contributed by atoms with van der Waals surface area (Å²) in [5, 5.41) is 10.7.